The third-order valence-electron chi connectivity index (χ3n) is 4.18. The summed E-state index contributed by atoms with van der Waals surface area (Å²) in [6, 6.07) is 2.02. The van der Waals surface area contributed by atoms with Crippen LogP contribution in [0.4, 0.5) is 0 Å². The van der Waals surface area contributed by atoms with E-state index in [9.17, 15) is 0 Å². The number of ether oxygens (including phenoxy) is 1. The van der Waals surface area contributed by atoms with Crippen LogP contribution in [0.25, 0.3) is 0 Å². The van der Waals surface area contributed by atoms with Crippen molar-refractivity contribution in [2.75, 3.05) is 27.3 Å². The van der Waals surface area contributed by atoms with Gasteiger partial charge in [-0.3, -0.25) is 4.90 Å². The third-order valence-corrected chi connectivity index (χ3v) is 4.18. The van der Waals surface area contributed by atoms with Crippen LogP contribution < -0.4 is 0 Å². The second kappa shape index (κ2) is 6.53. The Morgan fingerprint density at radius 2 is 2.26 bits per heavy atom. The van der Waals surface area contributed by atoms with Gasteiger partial charge >= 0.3 is 0 Å². The molecule has 1 heterocycles. The molecular weight excluding hydrogens is 240 g/mol. The molecular formula is C15H26N2O2. The Hall–Kier alpha value is -0.870. The van der Waals surface area contributed by atoms with Crippen LogP contribution in [0.15, 0.2) is 10.6 Å². The summed E-state index contributed by atoms with van der Waals surface area (Å²) in [4.78, 5) is 2.38. The minimum absolute atomic E-state index is 0.520. The molecule has 1 aliphatic rings. The SMILES string of the molecule is COCCCC1(CN(C)Cc2cc(C)on2)CCC1. The largest absolute Gasteiger partial charge is 0.385 e. The maximum absolute atomic E-state index is 5.17. The topological polar surface area (TPSA) is 38.5 Å². The maximum atomic E-state index is 5.17. The zero-order valence-corrected chi connectivity index (χ0v) is 12.4. The summed E-state index contributed by atoms with van der Waals surface area (Å²) < 4.78 is 10.3. The molecule has 4 heteroatoms. The van der Waals surface area contributed by atoms with Crippen molar-refractivity contribution in [1.29, 1.82) is 0 Å². The van der Waals surface area contributed by atoms with E-state index in [0.717, 1.165) is 31.2 Å². The molecule has 0 amide bonds. The fourth-order valence-electron chi connectivity index (χ4n) is 3.15. The van der Waals surface area contributed by atoms with Crippen LogP contribution in [0.5, 0.6) is 0 Å². The first-order chi connectivity index (χ1) is 9.13. The van der Waals surface area contributed by atoms with Crippen LogP contribution >= 0.6 is 0 Å². The number of rotatable bonds is 8. The highest BCUT2D eigenvalue weighted by atomic mass is 16.5. The quantitative estimate of drug-likeness (QED) is 0.678. The first-order valence-corrected chi connectivity index (χ1v) is 7.23. The highest BCUT2D eigenvalue weighted by Crippen LogP contribution is 2.45. The van der Waals surface area contributed by atoms with Gasteiger partial charge in [-0.05, 0) is 45.1 Å². The fourth-order valence-corrected chi connectivity index (χ4v) is 3.15. The predicted molar refractivity (Wildman–Crippen MR) is 75.0 cm³/mol. The van der Waals surface area contributed by atoms with Crippen molar-refractivity contribution < 1.29 is 9.26 Å². The molecule has 1 aliphatic carbocycles. The lowest BCUT2D eigenvalue weighted by Crippen LogP contribution is -2.40. The van der Waals surface area contributed by atoms with Crippen molar-refractivity contribution in [2.24, 2.45) is 5.41 Å². The number of hydrogen-bond donors (Lipinski definition) is 0. The molecule has 4 nitrogen and oxygen atoms in total. The monoisotopic (exact) mass is 266 g/mol. The van der Waals surface area contributed by atoms with Crippen LogP contribution in [0, 0.1) is 12.3 Å². The van der Waals surface area contributed by atoms with Crippen LogP contribution in [0.2, 0.25) is 0 Å². The van der Waals surface area contributed by atoms with E-state index in [1.165, 1.54) is 32.1 Å². The minimum atomic E-state index is 0.520. The highest BCUT2D eigenvalue weighted by molar-refractivity contribution is 5.03. The average Bonchev–Trinajstić information content (AvgIpc) is 2.71. The van der Waals surface area contributed by atoms with Crippen molar-refractivity contribution in [1.82, 2.24) is 10.1 Å². The van der Waals surface area contributed by atoms with Gasteiger partial charge in [-0.2, -0.15) is 0 Å². The van der Waals surface area contributed by atoms with Crippen molar-refractivity contribution in [3.8, 4) is 0 Å². The van der Waals surface area contributed by atoms with Gasteiger partial charge in [0.05, 0.1) is 5.69 Å². The van der Waals surface area contributed by atoms with Gasteiger partial charge in [0.25, 0.3) is 0 Å². The van der Waals surface area contributed by atoms with Crippen molar-refractivity contribution >= 4 is 0 Å². The van der Waals surface area contributed by atoms with E-state index in [2.05, 4.69) is 17.1 Å². The summed E-state index contributed by atoms with van der Waals surface area (Å²) in [6.45, 7) is 4.86. The van der Waals surface area contributed by atoms with E-state index in [-0.39, 0.29) is 0 Å². The van der Waals surface area contributed by atoms with Crippen LogP contribution in [-0.4, -0.2) is 37.4 Å². The fraction of sp³-hybridized carbons (Fsp3) is 0.800. The zero-order valence-electron chi connectivity index (χ0n) is 12.4. The Balaban J connectivity index is 1.80. The molecule has 1 aromatic heterocycles. The predicted octanol–water partition coefficient (Wildman–Crippen LogP) is 3.01. The summed E-state index contributed by atoms with van der Waals surface area (Å²) in [5.74, 6) is 0.891. The molecule has 0 spiro atoms. The molecule has 0 bridgehead atoms. The number of methoxy groups -OCH3 is 1. The van der Waals surface area contributed by atoms with Gasteiger partial charge in [-0.25, -0.2) is 0 Å². The number of nitrogens with zero attached hydrogens (tertiary/aromatic N) is 2. The average molecular weight is 266 g/mol. The minimum Gasteiger partial charge on any atom is -0.385 e. The first kappa shape index (κ1) is 14.5. The lowest BCUT2D eigenvalue weighted by Gasteiger charge is -2.44. The maximum Gasteiger partial charge on any atom is 0.133 e. The van der Waals surface area contributed by atoms with Gasteiger partial charge < -0.3 is 9.26 Å². The number of aryl methyl sites for hydroxylation is 1. The summed E-state index contributed by atoms with van der Waals surface area (Å²) in [5, 5.41) is 4.07. The van der Waals surface area contributed by atoms with Crippen LogP contribution in [-0.2, 0) is 11.3 Å². The van der Waals surface area contributed by atoms with E-state index >= 15 is 0 Å². The van der Waals surface area contributed by atoms with E-state index in [0.29, 0.717) is 5.41 Å². The molecule has 0 radical (unpaired) electrons. The molecule has 108 valence electrons. The van der Waals surface area contributed by atoms with Gasteiger partial charge in [-0.1, -0.05) is 11.6 Å². The second-order valence-electron chi connectivity index (χ2n) is 6.05. The molecule has 0 unspecified atom stereocenters. The molecule has 1 saturated carbocycles. The smallest absolute Gasteiger partial charge is 0.133 e. The second-order valence-corrected chi connectivity index (χ2v) is 6.05. The lowest BCUT2D eigenvalue weighted by molar-refractivity contribution is 0.0531. The summed E-state index contributed by atoms with van der Waals surface area (Å²) >= 11 is 0. The first-order valence-electron chi connectivity index (χ1n) is 7.23. The molecule has 2 rings (SSSR count). The van der Waals surface area contributed by atoms with E-state index < -0.39 is 0 Å². The lowest BCUT2D eigenvalue weighted by atomic mass is 9.66. The van der Waals surface area contributed by atoms with E-state index in [1.807, 2.05) is 13.0 Å². The van der Waals surface area contributed by atoms with Gasteiger partial charge in [0.2, 0.25) is 0 Å². The van der Waals surface area contributed by atoms with E-state index in [1.54, 1.807) is 7.11 Å². The number of aromatic nitrogens is 1. The Kier molecular flexibility index (Phi) is 4.99. The molecule has 19 heavy (non-hydrogen) atoms. The molecule has 0 N–H and O–H groups in total. The molecule has 0 saturated heterocycles. The highest BCUT2D eigenvalue weighted by Gasteiger charge is 2.37. The van der Waals surface area contributed by atoms with Crippen LogP contribution in [0.1, 0.15) is 43.6 Å². The van der Waals surface area contributed by atoms with E-state index in [4.69, 9.17) is 9.26 Å². The molecule has 0 aliphatic heterocycles. The Morgan fingerprint density at radius 3 is 2.79 bits per heavy atom. The van der Waals surface area contributed by atoms with Crippen LogP contribution in [0.3, 0.4) is 0 Å². The van der Waals surface area contributed by atoms with Gasteiger partial charge in [0.15, 0.2) is 0 Å². The zero-order chi connectivity index (χ0) is 13.7. The number of hydrogen-bond acceptors (Lipinski definition) is 4. The summed E-state index contributed by atoms with van der Waals surface area (Å²) in [5.41, 5.74) is 1.55. The summed E-state index contributed by atoms with van der Waals surface area (Å²) in [6.07, 6.45) is 6.55. The molecule has 1 aromatic rings. The summed E-state index contributed by atoms with van der Waals surface area (Å²) in [7, 11) is 3.97. The Morgan fingerprint density at radius 1 is 1.47 bits per heavy atom. The Labute approximate surface area is 116 Å². The third kappa shape index (κ3) is 4.05. The Bertz CT molecular complexity index is 385. The normalized spacial score (nSPS) is 17.7. The van der Waals surface area contributed by atoms with Gasteiger partial charge in [0, 0.05) is 32.9 Å². The van der Waals surface area contributed by atoms with Crippen molar-refractivity contribution in [3.63, 3.8) is 0 Å². The van der Waals surface area contributed by atoms with Gasteiger partial charge in [-0.15, -0.1) is 0 Å². The molecule has 1 fully saturated rings. The van der Waals surface area contributed by atoms with Gasteiger partial charge in [0.1, 0.15) is 5.76 Å². The van der Waals surface area contributed by atoms with Crippen molar-refractivity contribution in [3.05, 3.63) is 17.5 Å². The molecule has 0 aromatic carbocycles. The standard InChI is InChI=1S/C15H26N2O2/c1-13-10-14(16-19-13)11-17(2)12-15(6-4-7-15)8-5-9-18-3/h10H,4-9,11-12H2,1-3H3. The molecule has 0 atom stereocenters. The van der Waals surface area contributed by atoms with Crippen molar-refractivity contribution in [2.45, 2.75) is 45.6 Å².